The van der Waals surface area contributed by atoms with Crippen LogP contribution in [0.3, 0.4) is 0 Å². The van der Waals surface area contributed by atoms with E-state index >= 15 is 0 Å². The quantitative estimate of drug-likeness (QED) is 0.933. The van der Waals surface area contributed by atoms with Gasteiger partial charge in [0, 0.05) is 0 Å². The van der Waals surface area contributed by atoms with Crippen LogP contribution in [0.2, 0.25) is 0 Å². The molecule has 1 saturated carbocycles. The first-order valence-corrected chi connectivity index (χ1v) is 8.42. The van der Waals surface area contributed by atoms with E-state index < -0.39 is 26.0 Å². The lowest BCUT2D eigenvalue weighted by Gasteiger charge is -2.44. The molecule has 0 spiro atoms. The molecule has 2 rings (SSSR count). The Morgan fingerprint density at radius 1 is 1.20 bits per heavy atom. The summed E-state index contributed by atoms with van der Waals surface area (Å²) in [5.74, 6) is -0.586. The second-order valence-electron chi connectivity index (χ2n) is 6.06. The summed E-state index contributed by atoms with van der Waals surface area (Å²) < 4.78 is 37.5. The van der Waals surface area contributed by atoms with Crippen LogP contribution in [0.15, 0.2) is 29.2 Å². The Kier molecular flexibility index (Phi) is 3.95. The fraction of sp³-hybridized carbons (Fsp3) is 0.600. The molecule has 0 heterocycles. The molecular formula is C15H21FO3S. The third-order valence-corrected chi connectivity index (χ3v) is 7.18. The van der Waals surface area contributed by atoms with Crippen molar-refractivity contribution in [2.24, 2.45) is 0 Å². The molecule has 1 fully saturated rings. The molecule has 1 aliphatic carbocycles. The van der Waals surface area contributed by atoms with Gasteiger partial charge < -0.3 is 5.11 Å². The maximum atomic E-state index is 13.3. The van der Waals surface area contributed by atoms with Crippen molar-refractivity contribution in [3.63, 3.8) is 0 Å². The normalized spacial score (nSPS) is 19.8. The van der Waals surface area contributed by atoms with Crippen molar-refractivity contribution in [2.75, 3.05) is 0 Å². The molecular weight excluding hydrogens is 279 g/mol. The lowest BCUT2D eigenvalue weighted by molar-refractivity contribution is -0.0252. The van der Waals surface area contributed by atoms with E-state index in [2.05, 4.69) is 0 Å². The lowest BCUT2D eigenvalue weighted by atomic mass is 9.76. The third kappa shape index (κ3) is 2.37. The van der Waals surface area contributed by atoms with Crippen LogP contribution in [0.1, 0.15) is 46.0 Å². The molecule has 0 radical (unpaired) electrons. The van der Waals surface area contributed by atoms with E-state index in [0.717, 1.165) is 25.3 Å². The minimum absolute atomic E-state index is 0.0681. The van der Waals surface area contributed by atoms with Gasteiger partial charge in [0.25, 0.3) is 0 Å². The van der Waals surface area contributed by atoms with Crippen LogP contribution in [0.4, 0.5) is 4.39 Å². The minimum Gasteiger partial charge on any atom is -0.388 e. The van der Waals surface area contributed by atoms with Gasteiger partial charge in [-0.15, -0.1) is 0 Å². The first-order chi connectivity index (χ1) is 9.21. The lowest BCUT2D eigenvalue weighted by Crippen LogP contribution is -2.55. The van der Waals surface area contributed by atoms with E-state index in [-0.39, 0.29) is 4.90 Å². The number of hydrogen-bond acceptors (Lipinski definition) is 3. The molecule has 1 aromatic rings. The predicted octanol–water partition coefficient (Wildman–Crippen LogP) is 3.07. The standard InChI is InChI=1S/C15H21FO3S/c1-14(2,15(17)9-4-3-5-10-15)20(18,19)13-8-6-7-12(16)11-13/h6-8,11,17H,3-5,9-10H2,1-2H3. The molecule has 0 aromatic heterocycles. The van der Waals surface area contributed by atoms with Crippen molar-refractivity contribution in [3.05, 3.63) is 30.1 Å². The van der Waals surface area contributed by atoms with Crippen LogP contribution < -0.4 is 0 Å². The Morgan fingerprint density at radius 3 is 2.35 bits per heavy atom. The molecule has 1 aromatic carbocycles. The molecule has 0 saturated heterocycles. The highest BCUT2D eigenvalue weighted by Crippen LogP contribution is 2.43. The molecule has 0 unspecified atom stereocenters. The second-order valence-corrected chi connectivity index (χ2v) is 8.56. The summed E-state index contributed by atoms with van der Waals surface area (Å²) in [4.78, 5) is -0.0681. The molecule has 0 atom stereocenters. The number of aliphatic hydroxyl groups is 1. The summed E-state index contributed by atoms with van der Waals surface area (Å²) in [6.45, 7) is 3.08. The Hall–Kier alpha value is -0.940. The highest BCUT2D eigenvalue weighted by Gasteiger charge is 2.52. The number of hydrogen-bond donors (Lipinski definition) is 1. The predicted molar refractivity (Wildman–Crippen MR) is 75.7 cm³/mol. The molecule has 5 heteroatoms. The monoisotopic (exact) mass is 300 g/mol. The summed E-state index contributed by atoms with van der Waals surface area (Å²) in [6, 6.07) is 4.99. The summed E-state index contributed by atoms with van der Waals surface area (Å²) in [6.07, 6.45) is 3.58. The average molecular weight is 300 g/mol. The van der Waals surface area contributed by atoms with Gasteiger partial charge in [-0.25, -0.2) is 12.8 Å². The molecule has 1 N–H and O–H groups in total. The zero-order valence-corrected chi connectivity index (χ0v) is 12.7. The van der Waals surface area contributed by atoms with Gasteiger partial charge in [0.2, 0.25) is 0 Å². The van der Waals surface area contributed by atoms with E-state index in [1.54, 1.807) is 13.8 Å². The van der Waals surface area contributed by atoms with Crippen molar-refractivity contribution >= 4 is 9.84 Å². The maximum Gasteiger partial charge on any atom is 0.186 e. The first kappa shape index (κ1) is 15.4. The smallest absolute Gasteiger partial charge is 0.186 e. The van der Waals surface area contributed by atoms with Gasteiger partial charge in [-0.2, -0.15) is 0 Å². The molecule has 3 nitrogen and oxygen atoms in total. The minimum atomic E-state index is -3.81. The van der Waals surface area contributed by atoms with Crippen LogP contribution in [0.5, 0.6) is 0 Å². The van der Waals surface area contributed by atoms with Crippen LogP contribution in [-0.4, -0.2) is 23.9 Å². The molecule has 112 valence electrons. The summed E-state index contributed by atoms with van der Waals surface area (Å²) >= 11 is 0. The molecule has 20 heavy (non-hydrogen) atoms. The fourth-order valence-corrected chi connectivity index (χ4v) is 4.74. The Bertz CT molecular complexity index is 587. The second kappa shape index (κ2) is 5.11. The Morgan fingerprint density at radius 2 is 1.80 bits per heavy atom. The zero-order valence-electron chi connectivity index (χ0n) is 11.9. The molecule has 0 amide bonds. The van der Waals surface area contributed by atoms with Crippen LogP contribution >= 0.6 is 0 Å². The van der Waals surface area contributed by atoms with E-state index in [1.807, 2.05) is 0 Å². The van der Waals surface area contributed by atoms with Crippen LogP contribution in [-0.2, 0) is 9.84 Å². The largest absolute Gasteiger partial charge is 0.388 e. The third-order valence-electron chi connectivity index (χ3n) is 4.58. The molecule has 0 aliphatic heterocycles. The number of rotatable bonds is 3. The van der Waals surface area contributed by atoms with Gasteiger partial charge in [-0.1, -0.05) is 25.3 Å². The highest BCUT2D eigenvalue weighted by molar-refractivity contribution is 7.92. The molecule has 1 aliphatic rings. The highest BCUT2D eigenvalue weighted by atomic mass is 32.2. The van der Waals surface area contributed by atoms with Gasteiger partial charge in [0.1, 0.15) is 5.82 Å². The van der Waals surface area contributed by atoms with E-state index in [4.69, 9.17) is 0 Å². The van der Waals surface area contributed by atoms with Gasteiger partial charge in [-0.3, -0.25) is 0 Å². The summed E-state index contributed by atoms with van der Waals surface area (Å²) in [7, 11) is -3.81. The fourth-order valence-electron chi connectivity index (χ4n) is 2.92. The van der Waals surface area contributed by atoms with Crippen molar-refractivity contribution in [3.8, 4) is 0 Å². The van der Waals surface area contributed by atoms with Crippen LogP contribution in [0.25, 0.3) is 0 Å². The summed E-state index contributed by atoms with van der Waals surface area (Å²) in [5, 5.41) is 10.8. The molecule has 0 bridgehead atoms. The average Bonchev–Trinajstić information content (AvgIpc) is 2.39. The topological polar surface area (TPSA) is 54.4 Å². The van der Waals surface area contributed by atoms with Crippen molar-refractivity contribution in [1.82, 2.24) is 0 Å². The van der Waals surface area contributed by atoms with E-state index in [1.165, 1.54) is 18.2 Å². The van der Waals surface area contributed by atoms with Crippen molar-refractivity contribution in [1.29, 1.82) is 0 Å². The number of halogens is 1. The number of benzene rings is 1. The SMILES string of the molecule is CC(C)(C1(O)CCCCC1)S(=O)(=O)c1cccc(F)c1. The van der Waals surface area contributed by atoms with Gasteiger partial charge in [-0.05, 0) is 44.9 Å². The van der Waals surface area contributed by atoms with Crippen molar-refractivity contribution in [2.45, 2.75) is 61.2 Å². The maximum absolute atomic E-state index is 13.3. The zero-order chi connectivity index (χ0) is 15.0. The number of sulfone groups is 1. The van der Waals surface area contributed by atoms with Gasteiger partial charge in [0.15, 0.2) is 9.84 Å². The first-order valence-electron chi connectivity index (χ1n) is 6.93. The summed E-state index contributed by atoms with van der Waals surface area (Å²) in [5.41, 5.74) is -1.25. The Labute approximate surface area is 119 Å². The van der Waals surface area contributed by atoms with E-state index in [9.17, 15) is 17.9 Å². The van der Waals surface area contributed by atoms with Gasteiger partial charge in [0.05, 0.1) is 15.2 Å². The Balaban J connectivity index is 2.46. The van der Waals surface area contributed by atoms with Crippen molar-refractivity contribution < 1.29 is 17.9 Å². The van der Waals surface area contributed by atoms with Gasteiger partial charge >= 0.3 is 0 Å². The van der Waals surface area contributed by atoms with Crippen LogP contribution in [0, 0.1) is 5.82 Å². The van der Waals surface area contributed by atoms with E-state index in [0.29, 0.717) is 12.8 Å².